The predicted molar refractivity (Wildman–Crippen MR) is 160 cm³/mol. The fraction of sp³-hybridized carbons (Fsp3) is 0.0286. The van der Waals surface area contributed by atoms with E-state index in [0.29, 0.717) is 40.2 Å². The van der Waals surface area contributed by atoms with Crippen LogP contribution in [0.15, 0.2) is 128 Å². The van der Waals surface area contributed by atoms with Crippen molar-refractivity contribution in [2.75, 3.05) is 0 Å². The van der Waals surface area contributed by atoms with Crippen LogP contribution in [0.3, 0.4) is 0 Å². The fourth-order valence-corrected chi connectivity index (χ4v) is 5.61. The van der Waals surface area contributed by atoms with Crippen LogP contribution in [-0.4, -0.2) is 20.5 Å². The van der Waals surface area contributed by atoms with Gasteiger partial charge in [-0.3, -0.25) is 0 Å². The molecule has 43 heavy (non-hydrogen) atoms. The Balaban J connectivity index is 1.20. The molecule has 208 valence electrons. The number of phenols is 2. The van der Waals surface area contributed by atoms with Gasteiger partial charge in [-0.15, -0.1) is 0 Å². The molecular weight excluding hydrogens is 544 g/mol. The maximum atomic E-state index is 11.0. The summed E-state index contributed by atoms with van der Waals surface area (Å²) >= 11 is 0. The maximum Gasteiger partial charge on any atom is 0.168 e. The summed E-state index contributed by atoms with van der Waals surface area (Å²) in [5, 5.41) is 31.5. The minimum Gasteiger partial charge on any atom is -0.507 e. The topological polar surface area (TPSA) is 119 Å². The Kier molecular flexibility index (Phi) is 5.65. The molecule has 0 aliphatic heterocycles. The first-order chi connectivity index (χ1) is 21.1. The quantitative estimate of drug-likeness (QED) is 0.205. The minimum absolute atomic E-state index is 0.138. The van der Waals surface area contributed by atoms with Crippen molar-refractivity contribution in [1.29, 1.82) is 0 Å². The van der Waals surface area contributed by atoms with Crippen LogP contribution < -0.4 is 0 Å². The molecule has 4 aromatic carbocycles. The highest BCUT2D eigenvalue weighted by Gasteiger charge is 2.18. The number of hydrogen-bond acceptors (Lipinski definition) is 8. The Morgan fingerprint density at radius 2 is 1.02 bits per heavy atom. The van der Waals surface area contributed by atoms with Gasteiger partial charge >= 0.3 is 0 Å². The molecule has 0 radical (unpaired) electrons. The first kappa shape index (κ1) is 24.8. The summed E-state index contributed by atoms with van der Waals surface area (Å²) in [6.45, 7) is 0. The number of aromatic hydroxyl groups is 2. The van der Waals surface area contributed by atoms with E-state index in [4.69, 9.17) is 17.9 Å². The predicted octanol–water partition coefficient (Wildman–Crippen LogP) is 8.83. The lowest BCUT2D eigenvalue weighted by Gasteiger charge is -2.12. The van der Waals surface area contributed by atoms with Gasteiger partial charge in [0.25, 0.3) is 0 Å². The summed E-state index contributed by atoms with van der Waals surface area (Å²) in [5.41, 5.74) is 7.60. The van der Waals surface area contributed by atoms with Crippen molar-refractivity contribution in [3.8, 4) is 56.4 Å². The van der Waals surface area contributed by atoms with Gasteiger partial charge in [-0.2, -0.15) is 0 Å². The van der Waals surface area contributed by atoms with Crippen molar-refractivity contribution in [1.82, 2.24) is 10.3 Å². The average Bonchev–Trinajstić information content (AvgIpc) is 3.85. The average molecular weight is 567 g/mol. The molecule has 8 heteroatoms. The molecule has 4 aromatic heterocycles. The zero-order valence-corrected chi connectivity index (χ0v) is 22.5. The van der Waals surface area contributed by atoms with Crippen LogP contribution in [-0.2, 0) is 6.42 Å². The Morgan fingerprint density at radius 1 is 0.535 bits per heavy atom. The molecule has 0 spiro atoms. The van der Waals surface area contributed by atoms with Crippen molar-refractivity contribution in [2.45, 2.75) is 6.42 Å². The monoisotopic (exact) mass is 566 g/mol. The maximum absolute atomic E-state index is 11.0. The number of benzene rings is 4. The van der Waals surface area contributed by atoms with E-state index in [2.05, 4.69) is 10.3 Å². The first-order valence-electron chi connectivity index (χ1n) is 13.6. The molecule has 0 bridgehead atoms. The highest BCUT2D eigenvalue weighted by molar-refractivity contribution is 5.99. The van der Waals surface area contributed by atoms with Crippen molar-refractivity contribution >= 4 is 21.9 Å². The van der Waals surface area contributed by atoms with E-state index in [1.165, 1.54) is 0 Å². The number of fused-ring (bicyclic) bond motifs is 2. The number of rotatable bonds is 6. The van der Waals surface area contributed by atoms with Gasteiger partial charge in [-0.05, 0) is 101 Å². The lowest BCUT2D eigenvalue weighted by molar-refractivity contribution is 0.456. The molecular formula is C35H22N2O6. The number of nitrogens with zero attached hydrogens (tertiary/aromatic N) is 2. The summed E-state index contributed by atoms with van der Waals surface area (Å²) in [5.74, 6) is 1.65. The molecule has 0 amide bonds. The Bertz CT molecular complexity index is 2080. The minimum atomic E-state index is 0.138. The Hall–Kier alpha value is -6.02. The van der Waals surface area contributed by atoms with Crippen molar-refractivity contribution in [2.24, 2.45) is 0 Å². The molecule has 0 fully saturated rings. The van der Waals surface area contributed by atoms with Gasteiger partial charge in [0.05, 0.1) is 24.9 Å². The van der Waals surface area contributed by atoms with E-state index in [0.717, 1.165) is 44.2 Å². The Labute approximate surface area is 244 Å². The van der Waals surface area contributed by atoms with E-state index < -0.39 is 0 Å². The normalized spacial score (nSPS) is 11.5. The van der Waals surface area contributed by atoms with Gasteiger partial charge in [0.15, 0.2) is 11.2 Å². The standard InChI is InChI=1S/C35H22N2O6/c38-30-7-5-20(12-26(30)24-14-22(32-3-1-9-40-32)16-34-28(24)18-36-42-34)11-21-6-8-31(39)27(13-21)25-15-23(33-4-2-10-41-33)17-35-29(25)19-37-43-35/h1-10,12-19,38-39H,11H2. The number of aromatic nitrogens is 2. The van der Waals surface area contributed by atoms with Gasteiger partial charge in [-0.1, -0.05) is 22.4 Å². The van der Waals surface area contributed by atoms with Crippen molar-refractivity contribution < 1.29 is 28.1 Å². The summed E-state index contributed by atoms with van der Waals surface area (Å²) in [6, 6.07) is 26.2. The van der Waals surface area contributed by atoms with E-state index >= 15 is 0 Å². The third-order valence-electron chi connectivity index (χ3n) is 7.67. The third-order valence-corrected chi connectivity index (χ3v) is 7.67. The molecule has 4 heterocycles. The zero-order valence-electron chi connectivity index (χ0n) is 22.5. The molecule has 2 N–H and O–H groups in total. The summed E-state index contributed by atoms with van der Waals surface area (Å²) in [7, 11) is 0. The van der Waals surface area contributed by atoms with Crippen LogP contribution in [0.25, 0.3) is 66.8 Å². The van der Waals surface area contributed by atoms with Crippen LogP contribution >= 0.6 is 0 Å². The van der Waals surface area contributed by atoms with Gasteiger partial charge in [0.2, 0.25) is 0 Å². The highest BCUT2D eigenvalue weighted by atomic mass is 16.5. The van der Waals surface area contributed by atoms with Gasteiger partial charge in [-0.25, -0.2) is 0 Å². The van der Waals surface area contributed by atoms with Crippen LogP contribution in [0, 0.1) is 0 Å². The second kappa shape index (κ2) is 9.81. The van der Waals surface area contributed by atoms with Crippen molar-refractivity contribution in [3.05, 3.63) is 121 Å². The van der Waals surface area contributed by atoms with Gasteiger partial charge < -0.3 is 28.1 Å². The van der Waals surface area contributed by atoms with Gasteiger partial charge in [0.1, 0.15) is 23.0 Å². The molecule has 0 unspecified atom stereocenters. The zero-order chi connectivity index (χ0) is 28.9. The number of phenolic OH excluding ortho intramolecular Hbond substituents is 2. The second-order valence-corrected chi connectivity index (χ2v) is 10.4. The number of hydrogen-bond donors (Lipinski definition) is 2. The lowest BCUT2D eigenvalue weighted by Crippen LogP contribution is -1.92. The fourth-order valence-electron chi connectivity index (χ4n) is 5.61. The van der Waals surface area contributed by atoms with E-state index in [9.17, 15) is 10.2 Å². The third kappa shape index (κ3) is 4.33. The first-order valence-corrected chi connectivity index (χ1v) is 13.6. The molecule has 0 atom stereocenters. The molecule has 8 aromatic rings. The smallest absolute Gasteiger partial charge is 0.168 e. The molecule has 0 saturated carbocycles. The van der Waals surface area contributed by atoms with E-state index in [1.807, 2.05) is 72.8 Å². The summed E-state index contributed by atoms with van der Waals surface area (Å²) in [4.78, 5) is 0. The summed E-state index contributed by atoms with van der Waals surface area (Å²) in [6.07, 6.45) is 7.08. The molecule has 0 saturated heterocycles. The van der Waals surface area contributed by atoms with Crippen LogP contribution in [0.1, 0.15) is 11.1 Å². The molecule has 8 rings (SSSR count). The van der Waals surface area contributed by atoms with E-state index in [1.54, 1.807) is 37.1 Å². The van der Waals surface area contributed by atoms with Crippen LogP contribution in [0.5, 0.6) is 11.5 Å². The molecule has 0 aliphatic carbocycles. The largest absolute Gasteiger partial charge is 0.507 e. The van der Waals surface area contributed by atoms with Crippen molar-refractivity contribution in [3.63, 3.8) is 0 Å². The SMILES string of the molecule is Oc1ccc(Cc2ccc(O)c(-c3cc(-c4ccco4)cc4oncc34)c2)cc1-c1cc(-c2ccco2)cc2oncc12. The molecule has 8 nitrogen and oxygen atoms in total. The van der Waals surface area contributed by atoms with Crippen LogP contribution in [0.4, 0.5) is 0 Å². The lowest BCUT2D eigenvalue weighted by atomic mass is 9.93. The molecule has 0 aliphatic rings. The highest BCUT2D eigenvalue weighted by Crippen LogP contribution is 2.41. The van der Waals surface area contributed by atoms with E-state index in [-0.39, 0.29) is 11.5 Å². The Morgan fingerprint density at radius 3 is 1.47 bits per heavy atom. The van der Waals surface area contributed by atoms with Crippen LogP contribution in [0.2, 0.25) is 0 Å². The number of furan rings is 2. The summed E-state index contributed by atoms with van der Waals surface area (Å²) < 4.78 is 22.2. The second-order valence-electron chi connectivity index (χ2n) is 10.4. The van der Waals surface area contributed by atoms with Gasteiger partial charge in [0, 0.05) is 33.0 Å².